The fourth-order valence-corrected chi connectivity index (χ4v) is 13.5. The summed E-state index contributed by atoms with van der Waals surface area (Å²) in [4.78, 5) is 71.8. The molecule has 3 aromatic rings. The molecule has 65 heavy (non-hydrogen) atoms. The van der Waals surface area contributed by atoms with E-state index in [4.69, 9.17) is 9.47 Å². The van der Waals surface area contributed by atoms with Crippen molar-refractivity contribution in [1.29, 1.82) is 0 Å². The molecule has 5 N–H and O–H groups in total. The van der Waals surface area contributed by atoms with E-state index in [0.717, 1.165) is 19.6 Å². The molecule has 356 valence electrons. The van der Waals surface area contributed by atoms with Gasteiger partial charge in [0.05, 0.1) is 28.3 Å². The molecule has 0 saturated carbocycles. The van der Waals surface area contributed by atoms with Crippen molar-refractivity contribution in [2.24, 2.45) is 0 Å². The first kappa shape index (κ1) is 51.4. The molecule has 2 aliphatic rings. The topological polar surface area (TPSA) is 239 Å². The molecule has 0 unspecified atom stereocenters. The zero-order valence-corrected chi connectivity index (χ0v) is 41.4. The average molecular weight is 959 g/mol. The van der Waals surface area contributed by atoms with Crippen LogP contribution in [0.3, 0.4) is 0 Å². The zero-order chi connectivity index (χ0) is 48.4. The van der Waals surface area contributed by atoms with Crippen LogP contribution in [0.25, 0.3) is 11.6 Å². The van der Waals surface area contributed by atoms with Gasteiger partial charge in [-0.1, -0.05) is 20.8 Å². The van der Waals surface area contributed by atoms with Crippen molar-refractivity contribution < 1.29 is 50.3 Å². The van der Waals surface area contributed by atoms with E-state index in [1.807, 2.05) is 6.92 Å². The number of thiophene rings is 1. The lowest BCUT2D eigenvalue weighted by molar-refractivity contribution is -0.157. The summed E-state index contributed by atoms with van der Waals surface area (Å²) < 4.78 is 67.2. The van der Waals surface area contributed by atoms with Gasteiger partial charge in [0.25, 0.3) is 21.8 Å². The first-order valence-corrected chi connectivity index (χ1v) is 25.6. The Balaban J connectivity index is 1.19. The van der Waals surface area contributed by atoms with Gasteiger partial charge in [-0.2, -0.15) is 4.72 Å². The summed E-state index contributed by atoms with van der Waals surface area (Å²) in [7, 11) is -8.15. The molecule has 0 radical (unpaired) electrons. The fourth-order valence-electron chi connectivity index (χ4n) is 8.11. The molecule has 2 aromatic heterocycles. The summed E-state index contributed by atoms with van der Waals surface area (Å²) in [6, 6.07) is 5.63. The van der Waals surface area contributed by atoms with Crippen molar-refractivity contribution in [3.05, 3.63) is 57.9 Å². The highest BCUT2D eigenvalue weighted by Gasteiger charge is 2.43. The van der Waals surface area contributed by atoms with Gasteiger partial charge in [0.1, 0.15) is 25.9 Å². The Bertz CT molecular complexity index is 2610. The monoisotopic (exact) mass is 958 g/mol. The smallest absolute Gasteiger partial charge is 0.311 e. The van der Waals surface area contributed by atoms with Crippen molar-refractivity contribution in [1.82, 2.24) is 25.2 Å². The van der Waals surface area contributed by atoms with Crippen LogP contribution in [-0.4, -0.2) is 111 Å². The molecule has 0 aliphatic carbocycles. The lowest BCUT2D eigenvalue weighted by atomic mass is 9.95. The van der Waals surface area contributed by atoms with Crippen molar-refractivity contribution in [3.8, 4) is 5.75 Å². The number of aromatic nitrogens is 1. The number of esters is 1. The van der Waals surface area contributed by atoms with Crippen LogP contribution in [0.5, 0.6) is 5.75 Å². The minimum Gasteiger partial charge on any atom is -0.426 e. The van der Waals surface area contributed by atoms with Crippen molar-refractivity contribution in [2.45, 2.75) is 132 Å². The number of ketones is 2. The van der Waals surface area contributed by atoms with Gasteiger partial charge in [-0.05, 0) is 117 Å². The van der Waals surface area contributed by atoms with E-state index in [9.17, 15) is 40.8 Å². The number of anilines is 1. The Hall–Kier alpha value is -4.57. The number of amides is 2. The second kappa shape index (κ2) is 20.1. The van der Waals surface area contributed by atoms with E-state index in [1.165, 1.54) is 52.8 Å². The number of aromatic amines is 1. The fraction of sp³-hybridized carbons (Fsp3) is 0.533. The predicted molar refractivity (Wildman–Crippen MR) is 249 cm³/mol. The number of H-pyrrole nitrogens is 1. The van der Waals surface area contributed by atoms with Gasteiger partial charge in [0.2, 0.25) is 0 Å². The highest BCUT2D eigenvalue weighted by Crippen LogP contribution is 2.43. The SMILES string of the molecule is CCN[C@H]1C[C@H](C)S(=O)(=O)c2sc(S(=O)(=O)NC(C)(C)C(=O)[C@H](C)OC(C)(C)C(=O)CCC(=O)Oc3ccc4c(c3)/C(=C/c3[nH]c(C)c(C(=O)NCCN(CC)CC)c3C)C(=O)N4)cc21. The third-order valence-corrected chi connectivity index (χ3v) is 17.9. The number of likely N-dealkylation sites (N-methyl/N-ethyl adjacent to an activating group) is 1. The summed E-state index contributed by atoms with van der Waals surface area (Å²) in [6.45, 7) is 21.7. The number of aryl methyl sites for hydroxylation is 1. The second-order valence-corrected chi connectivity index (χ2v) is 23.0. The Kier molecular flexibility index (Phi) is 15.9. The molecule has 0 bridgehead atoms. The summed E-state index contributed by atoms with van der Waals surface area (Å²) in [5.74, 6) is -2.42. The van der Waals surface area contributed by atoms with Crippen LogP contribution in [0, 0.1) is 13.8 Å². The summed E-state index contributed by atoms with van der Waals surface area (Å²) in [5, 5.41) is 8.29. The minimum atomic E-state index is -4.39. The largest absolute Gasteiger partial charge is 0.426 e. The Labute approximate surface area is 385 Å². The maximum Gasteiger partial charge on any atom is 0.311 e. The van der Waals surface area contributed by atoms with Crippen LogP contribution in [0.1, 0.15) is 126 Å². The van der Waals surface area contributed by atoms with Gasteiger partial charge in [0, 0.05) is 53.8 Å². The highest BCUT2D eigenvalue weighted by atomic mass is 32.3. The summed E-state index contributed by atoms with van der Waals surface area (Å²) in [5.41, 5.74) is 0.705. The van der Waals surface area contributed by atoms with E-state index in [1.54, 1.807) is 32.9 Å². The number of nitrogens with zero attached hydrogens (tertiary/aromatic N) is 1. The van der Waals surface area contributed by atoms with Crippen LogP contribution < -0.4 is 25.4 Å². The number of rotatable bonds is 21. The number of hydrogen-bond acceptors (Lipinski definition) is 14. The van der Waals surface area contributed by atoms with Crippen LogP contribution in [-0.2, 0) is 43.8 Å². The number of ether oxygens (including phenoxy) is 2. The van der Waals surface area contributed by atoms with Gasteiger partial charge in [0.15, 0.2) is 21.4 Å². The number of sulfone groups is 1. The highest BCUT2D eigenvalue weighted by molar-refractivity contribution is 7.95. The predicted octanol–water partition coefficient (Wildman–Crippen LogP) is 5.24. The molecule has 5 rings (SSSR count). The summed E-state index contributed by atoms with van der Waals surface area (Å²) >= 11 is 0.641. The molecule has 4 heterocycles. The third kappa shape index (κ3) is 11.3. The lowest BCUT2D eigenvalue weighted by Gasteiger charge is -2.32. The number of Topliss-reactive ketones (excluding diaryl/α,β-unsaturated/α-hetero) is 2. The number of benzene rings is 1. The second-order valence-electron chi connectivity index (χ2n) is 17.4. The lowest BCUT2D eigenvalue weighted by Crippen LogP contribution is -2.54. The van der Waals surface area contributed by atoms with Gasteiger partial charge in [-0.25, -0.2) is 16.8 Å². The van der Waals surface area contributed by atoms with Crippen LogP contribution in [0.2, 0.25) is 0 Å². The molecule has 0 spiro atoms. The minimum absolute atomic E-state index is 0.0203. The van der Waals surface area contributed by atoms with E-state index in [0.29, 0.717) is 63.8 Å². The van der Waals surface area contributed by atoms with Crippen molar-refractivity contribution in [2.75, 3.05) is 38.0 Å². The van der Waals surface area contributed by atoms with Gasteiger partial charge in [-0.3, -0.25) is 24.0 Å². The van der Waals surface area contributed by atoms with E-state index >= 15 is 0 Å². The van der Waals surface area contributed by atoms with Gasteiger partial charge in [-0.15, -0.1) is 11.3 Å². The molecule has 2 amide bonds. The van der Waals surface area contributed by atoms with Crippen LogP contribution >= 0.6 is 11.3 Å². The van der Waals surface area contributed by atoms with Gasteiger partial charge >= 0.3 is 5.97 Å². The number of carbonyl (C=O) groups is 5. The van der Waals surface area contributed by atoms with Crippen molar-refractivity contribution >= 4 is 77.9 Å². The molecule has 2 aliphatic heterocycles. The molecular formula is C45H62N6O11S3. The molecule has 20 heteroatoms. The normalized spacial score (nSPS) is 18.3. The number of hydrogen-bond donors (Lipinski definition) is 5. The third-order valence-electron chi connectivity index (χ3n) is 11.8. The molecule has 17 nitrogen and oxygen atoms in total. The average Bonchev–Trinajstić information content (AvgIpc) is 3.90. The molecule has 0 saturated heterocycles. The maximum absolute atomic E-state index is 13.7. The Morgan fingerprint density at radius 2 is 1.72 bits per heavy atom. The zero-order valence-electron chi connectivity index (χ0n) is 38.9. The molecular weight excluding hydrogens is 897 g/mol. The summed E-state index contributed by atoms with van der Waals surface area (Å²) in [6.07, 6.45) is -0.00699. The standard InChI is InChI=1S/C45H62N6O11S3/c1-12-46-35-21-25(4)64(57,58)43-32(35)24-38(63-43)65(59,60)50-44(8,9)40(54)28(7)62-45(10,11)36(52)17-18-37(53)61-29-15-16-33-30(22-29)31(41(55)49-33)23-34-26(5)39(27(6)48-34)42(56)47-19-20-51(13-2)14-3/h15-16,22-25,28,35,46,48,50H,12-14,17-21H2,1-11H3,(H,47,56)(H,49,55)/b31-23-/t25-,28-,35-/m0/s1. The quantitative estimate of drug-likeness (QED) is 0.0523. The van der Waals surface area contributed by atoms with E-state index in [-0.39, 0.29) is 56.9 Å². The Morgan fingerprint density at radius 3 is 2.37 bits per heavy atom. The number of sulfonamides is 1. The molecule has 0 fully saturated rings. The first-order valence-electron chi connectivity index (χ1n) is 21.8. The Morgan fingerprint density at radius 1 is 1.05 bits per heavy atom. The van der Waals surface area contributed by atoms with Crippen LogP contribution in [0.4, 0.5) is 5.69 Å². The maximum atomic E-state index is 13.7. The van der Waals surface area contributed by atoms with Gasteiger partial charge < -0.3 is 35.3 Å². The number of fused-ring (bicyclic) bond motifs is 2. The van der Waals surface area contributed by atoms with E-state index < -0.39 is 59.9 Å². The number of nitrogens with one attached hydrogen (secondary N) is 5. The van der Waals surface area contributed by atoms with Crippen LogP contribution in [0.15, 0.2) is 32.7 Å². The first-order chi connectivity index (χ1) is 30.3. The molecule has 3 atom stereocenters. The van der Waals surface area contributed by atoms with E-state index in [2.05, 4.69) is 44.4 Å². The molecule has 1 aromatic carbocycles. The van der Waals surface area contributed by atoms with Crippen molar-refractivity contribution in [3.63, 3.8) is 0 Å². The number of carbonyl (C=O) groups excluding carboxylic acids is 5.